The van der Waals surface area contributed by atoms with Crippen LogP contribution in [0.1, 0.15) is 12.8 Å². The van der Waals surface area contributed by atoms with Crippen molar-refractivity contribution in [2.45, 2.75) is 18.9 Å². The Hall–Kier alpha value is -1.34. The van der Waals surface area contributed by atoms with Crippen LogP contribution < -0.4 is 5.32 Å². The van der Waals surface area contributed by atoms with E-state index in [0.29, 0.717) is 25.6 Å². The monoisotopic (exact) mass is 274 g/mol. The standard InChI is InChI=1S/C12H22N2O5/c1-18-8-9-3-4-14(7-9)12(17)13-6-10(19-2)5-11(15)16/h9-10H,3-8H2,1-2H3,(H,13,17)(H,15,16). The Kier molecular flexibility index (Phi) is 6.58. The molecule has 1 fully saturated rings. The minimum absolute atomic E-state index is 0.122. The summed E-state index contributed by atoms with van der Waals surface area (Å²) in [6.07, 6.45) is 0.312. The first-order chi connectivity index (χ1) is 9.06. The molecule has 1 aliphatic heterocycles. The summed E-state index contributed by atoms with van der Waals surface area (Å²) in [5.41, 5.74) is 0. The second-order valence-electron chi connectivity index (χ2n) is 4.70. The molecule has 0 aromatic rings. The van der Waals surface area contributed by atoms with Crippen LogP contribution >= 0.6 is 0 Å². The average molecular weight is 274 g/mol. The fourth-order valence-corrected chi connectivity index (χ4v) is 2.14. The number of likely N-dealkylation sites (tertiary alicyclic amines) is 1. The number of ether oxygens (including phenoxy) is 2. The second-order valence-corrected chi connectivity index (χ2v) is 4.70. The van der Waals surface area contributed by atoms with Gasteiger partial charge in [-0.1, -0.05) is 0 Å². The number of rotatable bonds is 7. The quantitative estimate of drug-likeness (QED) is 0.690. The Labute approximate surface area is 112 Å². The summed E-state index contributed by atoms with van der Waals surface area (Å²) in [6, 6.07) is -0.175. The number of methoxy groups -OCH3 is 2. The largest absolute Gasteiger partial charge is 0.481 e. The van der Waals surface area contributed by atoms with Crippen LogP contribution in [-0.2, 0) is 14.3 Å². The lowest BCUT2D eigenvalue weighted by atomic mass is 10.1. The lowest BCUT2D eigenvalue weighted by Gasteiger charge is -2.19. The first kappa shape index (κ1) is 15.7. The van der Waals surface area contributed by atoms with Gasteiger partial charge in [-0.25, -0.2) is 4.79 Å². The van der Waals surface area contributed by atoms with Crippen molar-refractivity contribution in [2.24, 2.45) is 5.92 Å². The summed E-state index contributed by atoms with van der Waals surface area (Å²) in [7, 11) is 3.09. The van der Waals surface area contributed by atoms with Gasteiger partial charge in [-0.3, -0.25) is 4.79 Å². The van der Waals surface area contributed by atoms with Crippen LogP contribution in [0.5, 0.6) is 0 Å². The van der Waals surface area contributed by atoms with E-state index in [0.717, 1.165) is 6.42 Å². The van der Waals surface area contributed by atoms with Crippen molar-refractivity contribution in [1.82, 2.24) is 10.2 Å². The Bertz CT molecular complexity index is 310. The second kappa shape index (κ2) is 7.96. The molecule has 2 amide bonds. The number of aliphatic carboxylic acids is 1. The predicted octanol–water partition coefficient (Wildman–Crippen LogP) is 0.154. The minimum atomic E-state index is -0.942. The summed E-state index contributed by atoms with van der Waals surface area (Å²) < 4.78 is 10.1. The first-order valence-electron chi connectivity index (χ1n) is 6.33. The molecule has 2 atom stereocenters. The Balaban J connectivity index is 2.29. The maximum Gasteiger partial charge on any atom is 0.317 e. The highest BCUT2D eigenvalue weighted by Gasteiger charge is 2.26. The molecule has 1 aliphatic rings. The van der Waals surface area contributed by atoms with E-state index in [1.807, 2.05) is 0 Å². The van der Waals surface area contributed by atoms with Crippen molar-refractivity contribution in [3.8, 4) is 0 Å². The maximum atomic E-state index is 11.9. The molecule has 0 saturated carbocycles. The van der Waals surface area contributed by atoms with Gasteiger partial charge in [0, 0.05) is 39.8 Å². The zero-order valence-electron chi connectivity index (χ0n) is 11.4. The Morgan fingerprint density at radius 1 is 1.47 bits per heavy atom. The van der Waals surface area contributed by atoms with Crippen molar-refractivity contribution in [3.63, 3.8) is 0 Å². The molecule has 2 N–H and O–H groups in total. The fraction of sp³-hybridized carbons (Fsp3) is 0.833. The molecule has 0 bridgehead atoms. The summed E-state index contributed by atoms with van der Waals surface area (Å²) in [5, 5.41) is 11.4. The summed E-state index contributed by atoms with van der Waals surface area (Å²) in [4.78, 5) is 24.2. The van der Waals surface area contributed by atoms with E-state index >= 15 is 0 Å². The van der Waals surface area contributed by atoms with E-state index in [-0.39, 0.29) is 19.0 Å². The van der Waals surface area contributed by atoms with Gasteiger partial charge in [-0.05, 0) is 6.42 Å². The van der Waals surface area contributed by atoms with Gasteiger partial charge in [0.15, 0.2) is 0 Å². The van der Waals surface area contributed by atoms with Gasteiger partial charge < -0.3 is 24.8 Å². The molecule has 2 unspecified atom stereocenters. The number of carboxylic acids is 1. The highest BCUT2D eigenvalue weighted by Crippen LogP contribution is 2.16. The summed E-state index contributed by atoms with van der Waals surface area (Å²) in [6.45, 7) is 2.24. The molecule has 7 nitrogen and oxygen atoms in total. The smallest absolute Gasteiger partial charge is 0.317 e. The number of carboxylic acid groups (broad SMARTS) is 1. The van der Waals surface area contributed by atoms with E-state index in [1.54, 1.807) is 12.0 Å². The van der Waals surface area contributed by atoms with Gasteiger partial charge in [0.2, 0.25) is 0 Å². The molecule has 1 rings (SSSR count). The molecule has 0 spiro atoms. The van der Waals surface area contributed by atoms with Crippen molar-refractivity contribution < 1.29 is 24.2 Å². The van der Waals surface area contributed by atoms with Crippen LogP contribution in [-0.4, -0.2) is 68.6 Å². The fourth-order valence-electron chi connectivity index (χ4n) is 2.14. The molecule has 110 valence electrons. The molecular weight excluding hydrogens is 252 g/mol. The molecule has 1 heterocycles. The molecule has 0 radical (unpaired) electrons. The third-order valence-corrected chi connectivity index (χ3v) is 3.19. The number of carbonyl (C=O) groups excluding carboxylic acids is 1. The lowest BCUT2D eigenvalue weighted by molar-refractivity contribution is -0.139. The van der Waals surface area contributed by atoms with Gasteiger partial charge in [0.05, 0.1) is 19.1 Å². The van der Waals surface area contributed by atoms with Gasteiger partial charge in [-0.15, -0.1) is 0 Å². The third-order valence-electron chi connectivity index (χ3n) is 3.19. The number of urea groups is 1. The van der Waals surface area contributed by atoms with Crippen LogP contribution in [0.25, 0.3) is 0 Å². The predicted molar refractivity (Wildman–Crippen MR) is 68.0 cm³/mol. The summed E-state index contributed by atoms with van der Waals surface area (Å²) in [5.74, 6) is -0.560. The highest BCUT2D eigenvalue weighted by molar-refractivity contribution is 5.74. The van der Waals surface area contributed by atoms with Gasteiger partial charge in [0.1, 0.15) is 0 Å². The molecule has 0 aromatic heterocycles. The SMILES string of the molecule is COCC1CCN(C(=O)NCC(CC(=O)O)OC)C1. The third kappa shape index (κ3) is 5.44. The number of nitrogens with zero attached hydrogens (tertiary/aromatic N) is 1. The molecule has 0 aromatic carbocycles. The molecule has 1 saturated heterocycles. The minimum Gasteiger partial charge on any atom is -0.481 e. The summed E-state index contributed by atoms with van der Waals surface area (Å²) >= 11 is 0. The number of nitrogens with one attached hydrogen (secondary N) is 1. The number of hydrogen-bond acceptors (Lipinski definition) is 4. The first-order valence-corrected chi connectivity index (χ1v) is 6.33. The highest BCUT2D eigenvalue weighted by atomic mass is 16.5. The van der Waals surface area contributed by atoms with Crippen LogP contribution in [0, 0.1) is 5.92 Å². The molecule has 7 heteroatoms. The van der Waals surface area contributed by atoms with E-state index in [2.05, 4.69) is 5.32 Å². The van der Waals surface area contributed by atoms with Crippen molar-refractivity contribution in [2.75, 3.05) is 40.5 Å². The van der Waals surface area contributed by atoms with Gasteiger partial charge in [-0.2, -0.15) is 0 Å². The van der Waals surface area contributed by atoms with Crippen LogP contribution in [0.3, 0.4) is 0 Å². The van der Waals surface area contributed by atoms with Gasteiger partial charge in [0.25, 0.3) is 0 Å². The van der Waals surface area contributed by atoms with Crippen LogP contribution in [0.4, 0.5) is 4.79 Å². The zero-order chi connectivity index (χ0) is 14.3. The van der Waals surface area contributed by atoms with Crippen molar-refractivity contribution in [3.05, 3.63) is 0 Å². The van der Waals surface area contributed by atoms with E-state index in [9.17, 15) is 9.59 Å². The molecular formula is C12H22N2O5. The maximum absolute atomic E-state index is 11.9. The Morgan fingerprint density at radius 2 is 2.21 bits per heavy atom. The molecule has 0 aliphatic carbocycles. The lowest BCUT2D eigenvalue weighted by Crippen LogP contribution is -2.42. The zero-order valence-corrected chi connectivity index (χ0v) is 11.4. The van der Waals surface area contributed by atoms with Crippen molar-refractivity contribution in [1.29, 1.82) is 0 Å². The number of carbonyl (C=O) groups is 2. The van der Waals surface area contributed by atoms with Crippen LogP contribution in [0.15, 0.2) is 0 Å². The average Bonchev–Trinajstić information content (AvgIpc) is 2.82. The normalized spacial score (nSPS) is 20.3. The van der Waals surface area contributed by atoms with Crippen molar-refractivity contribution >= 4 is 12.0 Å². The Morgan fingerprint density at radius 3 is 2.79 bits per heavy atom. The van der Waals surface area contributed by atoms with Crippen LogP contribution in [0.2, 0.25) is 0 Å². The van der Waals surface area contributed by atoms with E-state index < -0.39 is 12.1 Å². The van der Waals surface area contributed by atoms with E-state index in [4.69, 9.17) is 14.6 Å². The van der Waals surface area contributed by atoms with E-state index in [1.165, 1.54) is 7.11 Å². The number of amides is 2. The molecule has 19 heavy (non-hydrogen) atoms. The number of hydrogen-bond donors (Lipinski definition) is 2. The van der Waals surface area contributed by atoms with Gasteiger partial charge >= 0.3 is 12.0 Å². The topological polar surface area (TPSA) is 88.1 Å².